The van der Waals surface area contributed by atoms with E-state index in [0.717, 1.165) is 24.8 Å². The van der Waals surface area contributed by atoms with E-state index in [1.165, 1.54) is 4.90 Å². The molecule has 1 aromatic carbocycles. The van der Waals surface area contributed by atoms with Crippen LogP contribution in [0.15, 0.2) is 18.2 Å². The minimum atomic E-state index is -0.846. The Morgan fingerprint density at radius 1 is 1.24 bits per heavy atom. The van der Waals surface area contributed by atoms with E-state index in [9.17, 15) is 9.90 Å². The fourth-order valence-electron chi connectivity index (χ4n) is 4.15. The number of carboxylic acid groups (broad SMARTS) is 1. The lowest BCUT2D eigenvalue weighted by atomic mass is 9.75. The van der Waals surface area contributed by atoms with Gasteiger partial charge in [0.25, 0.3) is 0 Å². The van der Waals surface area contributed by atoms with Crippen LogP contribution in [-0.2, 0) is 4.74 Å². The maximum absolute atomic E-state index is 11.2. The quantitative estimate of drug-likeness (QED) is 0.701. The Kier molecular flexibility index (Phi) is 5.00. The van der Waals surface area contributed by atoms with Crippen molar-refractivity contribution in [3.05, 3.63) is 33.8 Å². The molecule has 25 heavy (non-hydrogen) atoms. The molecule has 2 unspecified atom stereocenters. The standard InChI is InChI=1S/C19H25Cl2NO3/c1-18(2,3)16-13(12-4-5-14(20)15(21)10-12)11-19(25-16)6-8-22(9-7-19)17(23)24/h4-5,10,13,16H,6-9,11H2,1-3H3,(H,23,24). The summed E-state index contributed by atoms with van der Waals surface area (Å²) in [6.45, 7) is 7.62. The van der Waals surface area contributed by atoms with Crippen molar-refractivity contribution < 1.29 is 14.6 Å². The molecule has 1 N–H and O–H groups in total. The van der Waals surface area contributed by atoms with E-state index in [0.29, 0.717) is 23.1 Å². The van der Waals surface area contributed by atoms with Gasteiger partial charge in [0.05, 0.1) is 21.8 Å². The normalized spacial score (nSPS) is 26.2. The van der Waals surface area contributed by atoms with Crippen molar-refractivity contribution in [2.75, 3.05) is 13.1 Å². The first-order valence-electron chi connectivity index (χ1n) is 8.72. The van der Waals surface area contributed by atoms with Gasteiger partial charge in [-0.25, -0.2) is 4.79 Å². The monoisotopic (exact) mass is 385 g/mol. The highest BCUT2D eigenvalue weighted by molar-refractivity contribution is 6.42. The molecule has 2 aliphatic rings. The largest absolute Gasteiger partial charge is 0.465 e. The van der Waals surface area contributed by atoms with Gasteiger partial charge in [-0.15, -0.1) is 0 Å². The Hall–Kier alpha value is -0.970. The highest BCUT2D eigenvalue weighted by Gasteiger charge is 2.51. The minimum absolute atomic E-state index is 0.0236. The lowest BCUT2D eigenvalue weighted by Gasteiger charge is -2.39. The van der Waals surface area contributed by atoms with Gasteiger partial charge in [-0.1, -0.05) is 50.0 Å². The number of carbonyl (C=O) groups is 1. The Morgan fingerprint density at radius 2 is 1.88 bits per heavy atom. The van der Waals surface area contributed by atoms with Crippen molar-refractivity contribution in [3.63, 3.8) is 0 Å². The van der Waals surface area contributed by atoms with Crippen LogP contribution in [-0.4, -0.2) is 40.9 Å². The number of ether oxygens (including phenoxy) is 1. The van der Waals surface area contributed by atoms with E-state index in [2.05, 4.69) is 20.8 Å². The third kappa shape index (κ3) is 3.76. The molecule has 138 valence electrons. The van der Waals surface area contributed by atoms with Crippen LogP contribution >= 0.6 is 23.2 Å². The topological polar surface area (TPSA) is 49.8 Å². The van der Waals surface area contributed by atoms with E-state index < -0.39 is 6.09 Å². The van der Waals surface area contributed by atoms with Gasteiger partial charge >= 0.3 is 6.09 Å². The predicted octanol–water partition coefficient (Wildman–Crippen LogP) is 5.42. The van der Waals surface area contributed by atoms with Crippen LogP contribution in [0.2, 0.25) is 10.0 Å². The number of hydrogen-bond acceptors (Lipinski definition) is 2. The SMILES string of the molecule is CC(C)(C)C1OC2(CCN(C(=O)O)CC2)CC1c1ccc(Cl)c(Cl)c1. The van der Waals surface area contributed by atoms with Crippen molar-refractivity contribution >= 4 is 29.3 Å². The highest BCUT2D eigenvalue weighted by Crippen LogP contribution is 2.51. The number of halogens is 2. The van der Waals surface area contributed by atoms with Crippen molar-refractivity contribution in [1.82, 2.24) is 4.90 Å². The molecular weight excluding hydrogens is 361 g/mol. The zero-order chi connectivity index (χ0) is 18.4. The second-order valence-electron chi connectivity index (χ2n) is 8.34. The van der Waals surface area contributed by atoms with Crippen LogP contribution in [0.3, 0.4) is 0 Å². The number of likely N-dealkylation sites (tertiary alicyclic amines) is 1. The van der Waals surface area contributed by atoms with Crippen LogP contribution in [0.4, 0.5) is 4.79 Å². The van der Waals surface area contributed by atoms with Gasteiger partial charge in [-0.05, 0) is 42.4 Å². The fraction of sp³-hybridized carbons (Fsp3) is 0.632. The first-order chi connectivity index (χ1) is 11.6. The van der Waals surface area contributed by atoms with E-state index in [4.69, 9.17) is 27.9 Å². The van der Waals surface area contributed by atoms with Crippen molar-refractivity contribution in [1.29, 1.82) is 0 Å². The van der Waals surface area contributed by atoms with Crippen LogP contribution in [0.5, 0.6) is 0 Å². The Labute approximate surface area is 159 Å². The summed E-state index contributed by atoms with van der Waals surface area (Å²) in [7, 11) is 0. The number of amides is 1. The molecule has 1 aromatic rings. The predicted molar refractivity (Wildman–Crippen MR) is 99.7 cm³/mol. The first kappa shape index (κ1) is 18.8. The molecule has 1 amide bonds. The van der Waals surface area contributed by atoms with Crippen molar-refractivity contribution in [2.45, 2.75) is 57.7 Å². The van der Waals surface area contributed by atoms with Gasteiger partial charge in [0, 0.05) is 19.0 Å². The number of hydrogen-bond donors (Lipinski definition) is 1. The van der Waals surface area contributed by atoms with Gasteiger partial charge < -0.3 is 14.7 Å². The second-order valence-corrected chi connectivity index (χ2v) is 9.16. The second kappa shape index (κ2) is 6.64. The zero-order valence-electron chi connectivity index (χ0n) is 14.9. The summed E-state index contributed by atoms with van der Waals surface area (Å²) in [6, 6.07) is 5.82. The molecule has 0 bridgehead atoms. The van der Waals surface area contributed by atoms with E-state index in [1.807, 2.05) is 18.2 Å². The molecule has 0 aromatic heterocycles. The molecule has 0 aliphatic carbocycles. The molecule has 0 saturated carbocycles. The maximum Gasteiger partial charge on any atom is 0.407 e. The van der Waals surface area contributed by atoms with Gasteiger partial charge in [-0.2, -0.15) is 0 Å². The first-order valence-corrected chi connectivity index (χ1v) is 9.48. The Morgan fingerprint density at radius 3 is 2.40 bits per heavy atom. The smallest absolute Gasteiger partial charge is 0.407 e. The molecule has 2 heterocycles. The summed E-state index contributed by atoms with van der Waals surface area (Å²) in [5.74, 6) is 0.228. The van der Waals surface area contributed by atoms with Crippen molar-refractivity contribution in [2.24, 2.45) is 5.41 Å². The maximum atomic E-state index is 11.2. The molecule has 0 radical (unpaired) electrons. The third-order valence-electron chi connectivity index (χ3n) is 5.50. The minimum Gasteiger partial charge on any atom is -0.465 e. The summed E-state index contributed by atoms with van der Waals surface area (Å²) < 4.78 is 6.62. The molecule has 4 nitrogen and oxygen atoms in total. The number of rotatable bonds is 1. The summed E-state index contributed by atoms with van der Waals surface area (Å²) in [6.07, 6.45) is 1.58. The molecular formula is C19H25Cl2NO3. The number of piperidine rings is 1. The Balaban J connectivity index is 1.87. The highest BCUT2D eigenvalue weighted by atomic mass is 35.5. The molecule has 2 fully saturated rings. The van der Waals surface area contributed by atoms with Crippen LogP contribution in [0, 0.1) is 5.41 Å². The molecule has 2 atom stereocenters. The van der Waals surface area contributed by atoms with Crippen LogP contribution in [0.25, 0.3) is 0 Å². The fourth-order valence-corrected chi connectivity index (χ4v) is 4.46. The molecule has 2 saturated heterocycles. The van der Waals surface area contributed by atoms with Crippen LogP contribution < -0.4 is 0 Å². The lowest BCUT2D eigenvalue weighted by Crippen LogP contribution is -2.46. The summed E-state index contributed by atoms with van der Waals surface area (Å²) in [4.78, 5) is 12.7. The number of benzene rings is 1. The van der Waals surface area contributed by atoms with Gasteiger partial charge in [-0.3, -0.25) is 0 Å². The van der Waals surface area contributed by atoms with E-state index in [1.54, 1.807) is 0 Å². The number of nitrogens with zero attached hydrogens (tertiary/aromatic N) is 1. The van der Waals surface area contributed by atoms with Gasteiger partial charge in [0.15, 0.2) is 0 Å². The van der Waals surface area contributed by atoms with E-state index >= 15 is 0 Å². The molecule has 2 aliphatic heterocycles. The third-order valence-corrected chi connectivity index (χ3v) is 6.24. The van der Waals surface area contributed by atoms with E-state index in [-0.39, 0.29) is 23.0 Å². The van der Waals surface area contributed by atoms with Crippen molar-refractivity contribution in [3.8, 4) is 0 Å². The zero-order valence-corrected chi connectivity index (χ0v) is 16.4. The Bertz CT molecular complexity index is 663. The molecule has 3 rings (SSSR count). The average Bonchev–Trinajstić information content (AvgIpc) is 2.90. The molecule has 6 heteroatoms. The van der Waals surface area contributed by atoms with Crippen LogP contribution in [0.1, 0.15) is 51.5 Å². The summed E-state index contributed by atoms with van der Waals surface area (Å²) in [5.41, 5.74) is 0.872. The van der Waals surface area contributed by atoms with Gasteiger partial charge in [0.1, 0.15) is 0 Å². The summed E-state index contributed by atoms with van der Waals surface area (Å²) >= 11 is 12.3. The van der Waals surface area contributed by atoms with Gasteiger partial charge in [0.2, 0.25) is 0 Å². The summed E-state index contributed by atoms with van der Waals surface area (Å²) in [5, 5.41) is 10.3. The molecule has 1 spiro atoms. The average molecular weight is 386 g/mol. The lowest BCUT2D eigenvalue weighted by molar-refractivity contribution is -0.105.